The molecule has 0 aliphatic carbocycles. The molecule has 1 aliphatic rings. The molecule has 0 spiro atoms. The molecule has 0 aromatic rings. The van der Waals surface area contributed by atoms with Gasteiger partial charge >= 0.3 is 0 Å². The Morgan fingerprint density at radius 2 is 0.863 bits per heavy atom. The summed E-state index contributed by atoms with van der Waals surface area (Å²) in [7, 11) is 0. The van der Waals surface area contributed by atoms with Crippen LogP contribution in [-0.4, -0.2) is 87.5 Å². The predicted octanol–water partition coefficient (Wildman–Crippen LogP) is 15.2. The number of amides is 1. The van der Waals surface area contributed by atoms with Crippen molar-refractivity contribution in [3.8, 4) is 0 Å². The highest BCUT2D eigenvalue weighted by Crippen LogP contribution is 2.23. The lowest BCUT2D eigenvalue weighted by atomic mass is 9.99. The highest BCUT2D eigenvalue weighted by atomic mass is 16.7. The van der Waals surface area contributed by atoms with Gasteiger partial charge in [-0.15, -0.1) is 0 Å². The van der Waals surface area contributed by atoms with Crippen LogP contribution in [0.2, 0.25) is 0 Å². The Hall–Kier alpha value is -2.89. The zero-order valence-electron chi connectivity index (χ0n) is 46.6. The molecule has 9 nitrogen and oxygen atoms in total. The molecular weight excluding hydrogens is 911 g/mol. The molecule has 0 saturated carbocycles. The number of unbranched alkanes of at least 4 members (excludes halogenated alkanes) is 26. The van der Waals surface area contributed by atoms with Crippen molar-refractivity contribution in [1.29, 1.82) is 0 Å². The number of ether oxygens (including phenoxy) is 2. The summed E-state index contributed by atoms with van der Waals surface area (Å²) in [6.45, 7) is 3.64. The largest absolute Gasteiger partial charge is 0.394 e. The van der Waals surface area contributed by atoms with Crippen LogP contribution in [0.4, 0.5) is 0 Å². The Bertz CT molecular complexity index is 1460. The fraction of sp³-hybridized carbons (Fsp3) is 0.734. The van der Waals surface area contributed by atoms with Crippen LogP contribution in [0.3, 0.4) is 0 Å². The van der Waals surface area contributed by atoms with Gasteiger partial charge in [0.2, 0.25) is 5.91 Å². The number of allylic oxidation sites excluding steroid dienone is 15. The monoisotopic (exact) mass is 1020 g/mol. The van der Waals surface area contributed by atoms with Crippen LogP contribution in [-0.2, 0) is 14.3 Å². The summed E-state index contributed by atoms with van der Waals surface area (Å²) in [4.78, 5) is 13.0. The molecule has 1 rings (SSSR count). The topological polar surface area (TPSA) is 149 Å². The third-order valence-electron chi connectivity index (χ3n) is 13.6. The fourth-order valence-electron chi connectivity index (χ4n) is 8.92. The molecule has 9 heteroatoms. The molecule has 0 aromatic carbocycles. The highest BCUT2D eigenvalue weighted by molar-refractivity contribution is 5.76. The Morgan fingerprint density at radius 1 is 0.479 bits per heavy atom. The molecule has 1 fully saturated rings. The number of carbonyl (C=O) groups excluding carboxylic acids is 1. The van der Waals surface area contributed by atoms with E-state index < -0.39 is 49.5 Å². The number of hydrogen-bond donors (Lipinski definition) is 6. The molecule has 6 N–H and O–H groups in total. The number of hydrogen-bond acceptors (Lipinski definition) is 8. The first-order valence-electron chi connectivity index (χ1n) is 30.0. The van der Waals surface area contributed by atoms with Gasteiger partial charge in [0, 0.05) is 6.42 Å². The molecule has 1 aliphatic heterocycles. The maximum Gasteiger partial charge on any atom is 0.220 e. The minimum Gasteiger partial charge on any atom is -0.394 e. The van der Waals surface area contributed by atoms with Crippen LogP contribution < -0.4 is 5.32 Å². The van der Waals surface area contributed by atoms with Gasteiger partial charge in [-0.25, -0.2) is 0 Å². The summed E-state index contributed by atoms with van der Waals surface area (Å²) in [6, 6.07) is -0.847. The van der Waals surface area contributed by atoms with E-state index in [1.807, 2.05) is 6.08 Å². The van der Waals surface area contributed by atoms with Gasteiger partial charge in [-0.1, -0.05) is 246 Å². The van der Waals surface area contributed by atoms with E-state index in [4.69, 9.17) is 9.47 Å². The summed E-state index contributed by atoms with van der Waals surface area (Å²) in [5.41, 5.74) is 0. The van der Waals surface area contributed by atoms with E-state index in [9.17, 15) is 30.3 Å². The molecular formula is C64H111NO8. The van der Waals surface area contributed by atoms with E-state index >= 15 is 0 Å². The molecule has 0 radical (unpaired) electrons. The van der Waals surface area contributed by atoms with E-state index in [1.54, 1.807) is 6.08 Å². The maximum atomic E-state index is 13.0. The van der Waals surface area contributed by atoms with Crippen molar-refractivity contribution >= 4 is 5.91 Å². The molecule has 0 aromatic heterocycles. The van der Waals surface area contributed by atoms with E-state index in [1.165, 1.54) is 122 Å². The second kappa shape index (κ2) is 52.5. The van der Waals surface area contributed by atoms with Crippen molar-refractivity contribution in [3.63, 3.8) is 0 Å². The Morgan fingerprint density at radius 3 is 1.32 bits per heavy atom. The predicted molar refractivity (Wildman–Crippen MR) is 308 cm³/mol. The van der Waals surface area contributed by atoms with E-state index in [0.29, 0.717) is 6.42 Å². The lowest BCUT2D eigenvalue weighted by Crippen LogP contribution is -2.60. The third-order valence-corrected chi connectivity index (χ3v) is 13.6. The number of nitrogens with one attached hydrogen (secondary N) is 1. The summed E-state index contributed by atoms with van der Waals surface area (Å²) in [5, 5.41) is 54.5. The molecule has 7 unspecified atom stereocenters. The Balaban J connectivity index is 2.27. The first-order valence-corrected chi connectivity index (χ1v) is 30.0. The van der Waals surface area contributed by atoms with Crippen molar-refractivity contribution in [3.05, 3.63) is 97.2 Å². The first kappa shape index (κ1) is 68.1. The summed E-state index contributed by atoms with van der Waals surface area (Å²) < 4.78 is 11.2. The quantitative estimate of drug-likeness (QED) is 0.0261. The molecule has 1 saturated heterocycles. The van der Waals surface area contributed by atoms with E-state index in [0.717, 1.165) is 103 Å². The van der Waals surface area contributed by atoms with Crippen LogP contribution >= 0.6 is 0 Å². The van der Waals surface area contributed by atoms with Gasteiger partial charge in [-0.2, -0.15) is 0 Å². The normalized spacial score (nSPS) is 19.8. The van der Waals surface area contributed by atoms with Gasteiger partial charge in [0.1, 0.15) is 24.4 Å². The summed E-state index contributed by atoms with van der Waals surface area (Å²) >= 11 is 0. The SMILES string of the molecule is CC/C=C\C/C=C\C/C=C\C/C=C\C/C=C\CCCCCCCC(=O)NC(COC1OC(CO)C(O)C(O)C1O)C(O)/C=C/CC/C=C/CC/C=C/CCCCCCCCCCCCCCCCCCCCC. The van der Waals surface area contributed by atoms with Gasteiger partial charge in [0.05, 0.1) is 25.4 Å². The molecule has 7 atom stereocenters. The Labute approximate surface area is 447 Å². The van der Waals surface area contributed by atoms with Gasteiger partial charge < -0.3 is 40.3 Å². The lowest BCUT2D eigenvalue weighted by Gasteiger charge is -2.40. The maximum absolute atomic E-state index is 13.0. The number of aliphatic hydroxyl groups is 5. The standard InChI is InChI=1S/C64H111NO8/c1-3-5-7-9-11-13-15-17-19-21-23-25-26-27-28-29-30-31-32-34-35-37-39-41-43-45-47-49-51-53-58(67)57(56-72-64-63(71)62(70)61(69)59(55-66)73-64)65-60(68)54-52-50-48-46-44-42-40-38-36-33-24-22-20-18-16-14-12-10-8-6-4-2/h6,8,12,14,18,20,24,33,35,37-38,40,43,45,51,53,57-59,61-64,66-67,69-71H,3-5,7,9-11,13,15-17,19,21-23,25-32,34,36,39,41-42,44,46-50,52,54-56H2,1-2H3,(H,65,68)/b8-6-,14-12-,20-18-,33-24-,37-35+,40-38-,45-43+,53-51+. The highest BCUT2D eigenvalue weighted by Gasteiger charge is 2.44. The van der Waals surface area contributed by atoms with Gasteiger partial charge in [-0.3, -0.25) is 4.79 Å². The summed E-state index contributed by atoms with van der Waals surface area (Å²) in [5.74, 6) is -0.212. The second-order valence-electron chi connectivity index (χ2n) is 20.4. The number of aliphatic hydroxyl groups excluding tert-OH is 5. The average molecular weight is 1020 g/mol. The zero-order valence-corrected chi connectivity index (χ0v) is 46.6. The Kier molecular flexibility index (Phi) is 49.0. The lowest BCUT2D eigenvalue weighted by molar-refractivity contribution is -0.302. The smallest absolute Gasteiger partial charge is 0.220 e. The van der Waals surface area contributed by atoms with Gasteiger partial charge in [-0.05, 0) is 89.9 Å². The van der Waals surface area contributed by atoms with E-state index in [2.05, 4.69) is 104 Å². The van der Waals surface area contributed by atoms with E-state index in [-0.39, 0.29) is 12.5 Å². The summed E-state index contributed by atoms with van der Waals surface area (Å²) in [6.07, 6.45) is 69.1. The van der Waals surface area contributed by atoms with Crippen molar-refractivity contribution in [2.45, 2.75) is 288 Å². The van der Waals surface area contributed by atoms with Crippen molar-refractivity contribution in [2.24, 2.45) is 0 Å². The molecule has 73 heavy (non-hydrogen) atoms. The van der Waals surface area contributed by atoms with Crippen molar-refractivity contribution in [2.75, 3.05) is 13.2 Å². The van der Waals surface area contributed by atoms with Crippen LogP contribution in [0.25, 0.3) is 0 Å². The zero-order chi connectivity index (χ0) is 52.9. The van der Waals surface area contributed by atoms with Crippen LogP contribution in [0.1, 0.15) is 245 Å². The molecule has 0 bridgehead atoms. The molecule has 1 amide bonds. The minimum atomic E-state index is -1.59. The van der Waals surface area contributed by atoms with Crippen LogP contribution in [0, 0.1) is 0 Å². The van der Waals surface area contributed by atoms with Crippen LogP contribution in [0.5, 0.6) is 0 Å². The first-order chi connectivity index (χ1) is 35.8. The molecule has 1 heterocycles. The number of rotatable bonds is 50. The fourth-order valence-corrected chi connectivity index (χ4v) is 8.92. The average Bonchev–Trinajstić information content (AvgIpc) is 3.39. The van der Waals surface area contributed by atoms with Gasteiger partial charge in [0.15, 0.2) is 6.29 Å². The van der Waals surface area contributed by atoms with Crippen molar-refractivity contribution < 1.29 is 39.8 Å². The second-order valence-corrected chi connectivity index (χ2v) is 20.4. The molecule has 420 valence electrons. The third kappa shape index (κ3) is 42.0. The van der Waals surface area contributed by atoms with Crippen molar-refractivity contribution in [1.82, 2.24) is 5.32 Å². The van der Waals surface area contributed by atoms with Crippen LogP contribution in [0.15, 0.2) is 97.2 Å². The van der Waals surface area contributed by atoms with Gasteiger partial charge in [0.25, 0.3) is 0 Å². The minimum absolute atomic E-state index is 0.212. The number of carbonyl (C=O) groups is 1.